The number of nitrogens with zero attached hydrogens (tertiary/aromatic N) is 5. The Hall–Kier alpha value is -5.14. The van der Waals surface area contributed by atoms with Crippen molar-refractivity contribution in [1.82, 2.24) is 40.5 Å². The number of H-pyrrole nitrogens is 2. The topological polar surface area (TPSA) is 243 Å². The first kappa shape index (κ1) is 43.9. The van der Waals surface area contributed by atoms with Gasteiger partial charge in [-0.15, -0.1) is 0 Å². The number of sulfone groups is 2. The fraction of sp³-hybridized carbons (Fsp3) is 0.488. The van der Waals surface area contributed by atoms with Crippen molar-refractivity contribution in [3.05, 3.63) is 63.6 Å². The zero-order valence-electron chi connectivity index (χ0n) is 34.6. The zero-order chi connectivity index (χ0) is 43.5. The molecule has 3 aliphatic rings. The van der Waals surface area contributed by atoms with Gasteiger partial charge >= 0.3 is 0 Å². The van der Waals surface area contributed by atoms with Crippen LogP contribution >= 0.6 is 11.6 Å². The second-order valence-corrected chi connectivity index (χ2v) is 21.1. The molecule has 17 nitrogen and oxygen atoms in total. The van der Waals surface area contributed by atoms with Gasteiger partial charge in [0.15, 0.2) is 0 Å². The number of fused-ring (bicyclic) bond motifs is 7. The van der Waals surface area contributed by atoms with Gasteiger partial charge in [-0.1, -0.05) is 11.6 Å². The Kier molecular flexibility index (Phi) is 13.3. The van der Waals surface area contributed by atoms with Gasteiger partial charge in [0.25, 0.3) is 0 Å². The number of benzene rings is 1. The minimum atomic E-state index is -3.04. The monoisotopic (exact) mass is 894 g/mol. The molecule has 8 rings (SSSR count). The van der Waals surface area contributed by atoms with Gasteiger partial charge in [0.1, 0.15) is 60.3 Å². The second kappa shape index (κ2) is 18.5. The molecule has 0 radical (unpaired) electrons. The summed E-state index contributed by atoms with van der Waals surface area (Å²) in [6, 6.07) is 4.06. The number of hydrogen-bond donors (Lipinski definition) is 5. The lowest BCUT2D eigenvalue weighted by Gasteiger charge is -2.22. The van der Waals surface area contributed by atoms with E-state index in [9.17, 15) is 26.4 Å². The summed E-state index contributed by atoms with van der Waals surface area (Å²) in [5, 5.41) is 11.3. The first-order chi connectivity index (χ1) is 29.0. The highest BCUT2D eigenvalue weighted by Gasteiger charge is 2.30. The van der Waals surface area contributed by atoms with Crippen LogP contribution in [0.15, 0.2) is 29.8 Å². The largest absolute Gasteiger partial charge is 0.489 e. The third-order valence-corrected chi connectivity index (χ3v) is 13.3. The van der Waals surface area contributed by atoms with E-state index >= 15 is 0 Å². The Bertz CT molecular complexity index is 2720. The van der Waals surface area contributed by atoms with Gasteiger partial charge in [-0.2, -0.15) is 0 Å². The molecule has 2 amide bonds. The molecule has 2 aliphatic carbocycles. The molecule has 2 unspecified atom stereocenters. The van der Waals surface area contributed by atoms with E-state index in [2.05, 4.69) is 50.8 Å². The van der Waals surface area contributed by atoms with Crippen LogP contribution in [0, 0.1) is 11.8 Å². The van der Waals surface area contributed by atoms with Crippen LogP contribution < -0.4 is 20.7 Å². The average Bonchev–Trinajstić information content (AvgIpc) is 3.92. The highest BCUT2D eigenvalue weighted by molar-refractivity contribution is 7.90. The molecule has 61 heavy (non-hydrogen) atoms. The van der Waals surface area contributed by atoms with Gasteiger partial charge < -0.3 is 30.7 Å². The van der Waals surface area contributed by atoms with Gasteiger partial charge in [0.2, 0.25) is 11.8 Å². The molecule has 2 atom stereocenters. The van der Waals surface area contributed by atoms with Gasteiger partial charge in [-0.3, -0.25) is 14.6 Å². The third kappa shape index (κ3) is 10.9. The van der Waals surface area contributed by atoms with E-state index < -0.39 is 19.7 Å². The second-order valence-electron chi connectivity index (χ2n) is 16.2. The Morgan fingerprint density at radius 2 is 1.38 bits per heavy atom. The maximum absolute atomic E-state index is 12.9. The van der Waals surface area contributed by atoms with E-state index in [-0.39, 0.29) is 41.3 Å². The predicted molar refractivity (Wildman–Crippen MR) is 235 cm³/mol. The van der Waals surface area contributed by atoms with Gasteiger partial charge in [-0.05, 0) is 99.6 Å². The number of aryl methyl sites for hydroxylation is 2. The summed E-state index contributed by atoms with van der Waals surface area (Å²) < 4.78 is 51.0. The number of halogens is 1. The number of anilines is 2. The number of aromatic nitrogens is 6. The Labute approximate surface area is 359 Å². The van der Waals surface area contributed by atoms with E-state index in [0.29, 0.717) is 68.4 Å². The van der Waals surface area contributed by atoms with Crippen molar-refractivity contribution in [2.24, 2.45) is 16.8 Å². The van der Waals surface area contributed by atoms with Crippen LogP contribution in [-0.4, -0.2) is 108 Å². The first-order valence-corrected chi connectivity index (χ1v) is 24.9. The molecular weight excluding hydrogens is 844 g/mol. The summed E-state index contributed by atoms with van der Waals surface area (Å²) in [5.41, 5.74) is 8.58. The summed E-state index contributed by atoms with van der Waals surface area (Å²) in [6.07, 6.45) is 12.1. The third-order valence-electron chi connectivity index (χ3n) is 11.0. The molecule has 326 valence electrons. The summed E-state index contributed by atoms with van der Waals surface area (Å²) >= 11 is 6.18. The summed E-state index contributed by atoms with van der Waals surface area (Å²) in [6.45, 7) is 5.34. The number of nitrogens with one attached hydrogen (secondary N) is 5. The van der Waals surface area contributed by atoms with E-state index in [1.165, 1.54) is 25.2 Å². The minimum absolute atomic E-state index is 0.00284. The Morgan fingerprint density at radius 3 is 1.95 bits per heavy atom. The van der Waals surface area contributed by atoms with Gasteiger partial charge in [0, 0.05) is 55.0 Å². The molecule has 5 N–H and O–H groups in total. The molecule has 0 saturated heterocycles. The van der Waals surface area contributed by atoms with E-state index in [1.807, 2.05) is 32.2 Å². The van der Waals surface area contributed by atoms with Crippen molar-refractivity contribution in [3.63, 3.8) is 0 Å². The summed E-state index contributed by atoms with van der Waals surface area (Å²) in [5.74, 6) is 1.09. The number of carbonyl (C=O) groups excluding carboxylic acids is 2. The molecule has 0 fully saturated rings. The molecule has 1 aromatic carbocycles. The standard InChI is InChI=1S/C26H32N6O4S.C15H19ClN4O3S/c1-15(2)36-22-11-18-13-27-12-17(18)10-21(22)32-25-23-19-9-16(26(33)28-7-4-8-37(3,34)35)5-6-20(19)31-24(23)29-14-30-25;1-24(22,23)6-2-5-17-15(21)9-3-4-11-10(7-9)12-13(16)18-8-19-14(12)20-11/h10-12,14-16H,4-9,13H2,1-3H3,(H,28,33)(H2,29,30,31,32);8-9H,2-7H2,1H3,(H,17,21)(H,18,19,20). The van der Waals surface area contributed by atoms with Crippen LogP contribution in [0.5, 0.6) is 5.75 Å². The van der Waals surface area contributed by atoms with Gasteiger partial charge in [-0.25, -0.2) is 36.8 Å². The minimum Gasteiger partial charge on any atom is -0.489 e. The normalized spacial score (nSPS) is 17.0. The van der Waals surface area contributed by atoms with Crippen LogP contribution in [0.3, 0.4) is 0 Å². The highest BCUT2D eigenvalue weighted by Crippen LogP contribution is 2.39. The summed E-state index contributed by atoms with van der Waals surface area (Å²) in [4.78, 5) is 53.5. The lowest BCUT2D eigenvalue weighted by atomic mass is 9.86. The SMILES string of the molecule is CC(C)Oc1cc2c(cc1Nc1ncnc3[nH]c4c(c13)CC(C(=O)NCCCS(C)(=O)=O)CC4)C=NC2.CS(=O)(=O)CCCNC(=O)C1CCc2[nH]c3ncnc(Cl)c3c2C1. The molecular formula is C41H51ClN10O7S2. The number of ether oxygens (including phenoxy) is 1. The number of amides is 2. The quantitative estimate of drug-likeness (QED) is 0.0773. The average molecular weight is 896 g/mol. The number of aliphatic imine (C=N–C) groups is 1. The van der Waals surface area contributed by atoms with Crippen LogP contribution in [0.25, 0.3) is 22.1 Å². The number of hydrogen-bond acceptors (Lipinski definition) is 13. The van der Waals surface area contributed by atoms with Crippen molar-refractivity contribution >= 4 is 82.9 Å². The van der Waals surface area contributed by atoms with E-state index in [0.717, 1.165) is 80.8 Å². The molecule has 5 aromatic rings. The smallest absolute Gasteiger partial charge is 0.223 e. The van der Waals surface area contributed by atoms with E-state index in [1.54, 1.807) is 0 Å². The number of carbonyl (C=O) groups is 2. The van der Waals surface area contributed by atoms with Crippen LogP contribution in [0.2, 0.25) is 5.15 Å². The number of rotatable bonds is 14. The van der Waals surface area contributed by atoms with Crippen LogP contribution in [0.1, 0.15) is 73.2 Å². The molecule has 4 aromatic heterocycles. The molecule has 0 bridgehead atoms. The lowest BCUT2D eigenvalue weighted by molar-refractivity contribution is -0.126. The van der Waals surface area contributed by atoms with Gasteiger partial charge in [0.05, 0.1) is 40.6 Å². The predicted octanol–water partition coefficient (Wildman–Crippen LogP) is 4.34. The lowest BCUT2D eigenvalue weighted by Crippen LogP contribution is -2.35. The zero-order valence-corrected chi connectivity index (χ0v) is 37.0. The van der Waals surface area contributed by atoms with Crippen LogP contribution in [-0.2, 0) is 61.5 Å². The Balaban J connectivity index is 0.000000202. The molecule has 0 saturated carbocycles. The highest BCUT2D eigenvalue weighted by atomic mass is 35.5. The Morgan fingerprint density at radius 1 is 0.820 bits per heavy atom. The molecule has 0 spiro atoms. The molecule has 1 aliphatic heterocycles. The molecule has 5 heterocycles. The number of aromatic amines is 2. The summed E-state index contributed by atoms with van der Waals surface area (Å²) in [7, 11) is -6.03. The van der Waals surface area contributed by atoms with E-state index in [4.69, 9.17) is 16.3 Å². The van der Waals surface area contributed by atoms with Crippen molar-refractivity contribution < 1.29 is 31.2 Å². The molecule has 20 heteroatoms. The van der Waals surface area contributed by atoms with Crippen molar-refractivity contribution in [2.45, 2.75) is 77.9 Å². The fourth-order valence-corrected chi connectivity index (χ4v) is 9.66. The van der Waals surface area contributed by atoms with Crippen molar-refractivity contribution in [3.8, 4) is 5.75 Å². The van der Waals surface area contributed by atoms with Crippen molar-refractivity contribution in [2.75, 3.05) is 42.4 Å². The van der Waals surface area contributed by atoms with Crippen molar-refractivity contribution in [1.29, 1.82) is 0 Å². The van der Waals surface area contributed by atoms with Crippen LogP contribution in [0.4, 0.5) is 11.5 Å². The maximum Gasteiger partial charge on any atom is 0.223 e. The maximum atomic E-state index is 12.9. The fourth-order valence-electron chi connectivity index (χ4n) is 8.08. The first-order valence-electron chi connectivity index (χ1n) is 20.4.